The molecule has 0 atom stereocenters. The normalized spacial score (nSPS) is 9.29. The Morgan fingerprint density at radius 3 is 2.71 bits per heavy atom. The van der Waals surface area contributed by atoms with E-state index in [4.69, 9.17) is 0 Å². The van der Waals surface area contributed by atoms with Gasteiger partial charge < -0.3 is 4.42 Å². The number of halogens is 1. The van der Waals surface area contributed by atoms with Gasteiger partial charge in [-0.15, -0.1) is 0 Å². The second-order valence-electron chi connectivity index (χ2n) is 0.996. The van der Waals surface area contributed by atoms with Gasteiger partial charge in [0, 0.05) is 0 Å². The van der Waals surface area contributed by atoms with E-state index < -0.39 is 11.7 Å². The second kappa shape index (κ2) is 1.22. The summed E-state index contributed by atoms with van der Waals surface area (Å²) in [6.45, 7) is 0. The van der Waals surface area contributed by atoms with Crippen LogP contribution in [-0.2, 0) is 0 Å². The Bertz CT molecular complexity index is 201. The molecule has 0 aromatic carbocycles. The van der Waals surface area contributed by atoms with E-state index in [0.717, 1.165) is 0 Å². The van der Waals surface area contributed by atoms with Gasteiger partial charge in [0.15, 0.2) is 0 Å². The third-order valence-corrected chi connectivity index (χ3v) is 0.491. The highest BCUT2D eigenvalue weighted by atomic mass is 19.1. The quantitative estimate of drug-likeness (QED) is 0.506. The lowest BCUT2D eigenvalue weighted by Crippen LogP contribution is -1.94. The maximum Gasteiger partial charge on any atom is 0.418 e. The lowest BCUT2D eigenvalue weighted by atomic mass is 10.9. The van der Waals surface area contributed by atoms with E-state index in [1.165, 1.54) is 0 Å². The summed E-state index contributed by atoms with van der Waals surface area (Å²) in [7, 11) is 0. The molecule has 0 unspecified atom stereocenters. The van der Waals surface area contributed by atoms with Gasteiger partial charge >= 0.3 is 5.76 Å². The Kier molecular flexibility index (Phi) is 0.714. The van der Waals surface area contributed by atoms with Crippen molar-refractivity contribution in [2.45, 2.75) is 0 Å². The van der Waals surface area contributed by atoms with E-state index in [1.807, 2.05) is 0 Å². The minimum Gasteiger partial charge on any atom is -0.413 e. The monoisotopic (exact) mass is 103 g/mol. The smallest absolute Gasteiger partial charge is 0.413 e. The van der Waals surface area contributed by atoms with Crippen molar-refractivity contribution < 1.29 is 8.81 Å². The molecule has 3 nitrogen and oxygen atoms in total. The van der Waals surface area contributed by atoms with Gasteiger partial charge in [0.1, 0.15) is 6.26 Å². The largest absolute Gasteiger partial charge is 0.418 e. The zero-order chi connectivity index (χ0) is 5.28. The van der Waals surface area contributed by atoms with Crippen LogP contribution in [0.2, 0.25) is 0 Å². The lowest BCUT2D eigenvalue weighted by molar-refractivity contribution is 0.505. The first kappa shape index (κ1) is 4.11. The minimum absolute atomic E-state index is 0.711. The summed E-state index contributed by atoms with van der Waals surface area (Å²) in [6, 6.07) is 0. The molecule has 38 valence electrons. The van der Waals surface area contributed by atoms with E-state index in [1.54, 1.807) is 4.98 Å². The number of oxazole rings is 1. The summed E-state index contributed by atoms with van der Waals surface area (Å²) in [5, 5.41) is 0. The maximum atomic E-state index is 11.6. The van der Waals surface area contributed by atoms with Crippen LogP contribution in [0.5, 0.6) is 0 Å². The van der Waals surface area contributed by atoms with Crippen LogP contribution in [0.15, 0.2) is 15.5 Å². The Morgan fingerprint density at radius 2 is 2.57 bits per heavy atom. The summed E-state index contributed by atoms with van der Waals surface area (Å²) in [5.74, 6) is -1.51. The second-order valence-corrected chi connectivity index (χ2v) is 0.996. The Labute approximate surface area is 37.8 Å². The van der Waals surface area contributed by atoms with E-state index in [0.29, 0.717) is 6.26 Å². The third kappa shape index (κ3) is 0.677. The molecule has 0 saturated carbocycles. The van der Waals surface area contributed by atoms with Gasteiger partial charge in [-0.2, -0.15) is 4.39 Å². The summed E-state index contributed by atoms with van der Waals surface area (Å²) in [4.78, 5) is 11.6. The van der Waals surface area contributed by atoms with Gasteiger partial charge in [0.2, 0.25) is 5.95 Å². The molecular formula is C3H2FNO2. The van der Waals surface area contributed by atoms with Gasteiger partial charge in [-0.05, 0) is 0 Å². The number of H-pyrrole nitrogens is 1. The molecule has 0 fully saturated rings. The number of aromatic amines is 1. The topological polar surface area (TPSA) is 46.0 Å². The average molecular weight is 103 g/mol. The lowest BCUT2D eigenvalue weighted by Gasteiger charge is -1.59. The molecule has 1 aromatic heterocycles. The van der Waals surface area contributed by atoms with Gasteiger partial charge in [0.25, 0.3) is 0 Å². The van der Waals surface area contributed by atoms with Gasteiger partial charge in [-0.25, -0.2) is 4.79 Å². The molecule has 4 heteroatoms. The number of aromatic nitrogens is 1. The maximum absolute atomic E-state index is 11.6. The fourth-order valence-electron chi connectivity index (χ4n) is 0.262. The standard InChI is InChI=1S/C3H2FNO2/c4-2-1-7-3(6)5-2/h1H,(H,5,6). The van der Waals surface area contributed by atoms with Crippen molar-refractivity contribution in [3.8, 4) is 0 Å². The molecule has 1 rings (SSSR count). The first-order valence-corrected chi connectivity index (χ1v) is 1.62. The Hall–Kier alpha value is -1.06. The van der Waals surface area contributed by atoms with Crippen molar-refractivity contribution in [1.82, 2.24) is 4.98 Å². The molecule has 0 radical (unpaired) electrons. The molecule has 0 saturated heterocycles. The van der Waals surface area contributed by atoms with E-state index in [9.17, 15) is 9.18 Å². The molecule has 0 aliphatic heterocycles. The zero-order valence-corrected chi connectivity index (χ0v) is 3.27. The molecule has 0 spiro atoms. The zero-order valence-electron chi connectivity index (χ0n) is 3.27. The first-order chi connectivity index (χ1) is 3.29. The van der Waals surface area contributed by atoms with Crippen molar-refractivity contribution in [3.63, 3.8) is 0 Å². The Morgan fingerprint density at radius 1 is 1.86 bits per heavy atom. The SMILES string of the molecule is O=c1[nH]c(F)co1. The molecule has 0 bridgehead atoms. The third-order valence-electron chi connectivity index (χ3n) is 0.491. The fourth-order valence-corrected chi connectivity index (χ4v) is 0.262. The number of rotatable bonds is 0. The van der Waals surface area contributed by atoms with E-state index in [-0.39, 0.29) is 0 Å². The van der Waals surface area contributed by atoms with Gasteiger partial charge in [0.05, 0.1) is 0 Å². The molecule has 1 heterocycles. The number of hydrogen-bond donors (Lipinski definition) is 1. The van der Waals surface area contributed by atoms with Crippen molar-refractivity contribution in [2.75, 3.05) is 0 Å². The fraction of sp³-hybridized carbons (Fsp3) is 0. The molecule has 0 aliphatic rings. The molecule has 1 N–H and O–H groups in total. The highest BCUT2D eigenvalue weighted by molar-refractivity contribution is 4.65. The van der Waals surface area contributed by atoms with Crippen LogP contribution >= 0.6 is 0 Å². The molecule has 1 aromatic rings. The highest BCUT2D eigenvalue weighted by Crippen LogP contribution is 1.81. The molecule has 0 aliphatic carbocycles. The summed E-state index contributed by atoms with van der Waals surface area (Å²) in [6.07, 6.45) is 0.711. The van der Waals surface area contributed by atoms with Crippen LogP contribution in [0.4, 0.5) is 4.39 Å². The molecular weight excluding hydrogens is 101 g/mol. The van der Waals surface area contributed by atoms with Crippen LogP contribution in [-0.4, -0.2) is 4.98 Å². The predicted molar refractivity (Wildman–Crippen MR) is 19.3 cm³/mol. The van der Waals surface area contributed by atoms with Gasteiger partial charge in [-0.1, -0.05) is 0 Å². The Balaban J connectivity index is 3.30. The number of hydrogen-bond acceptors (Lipinski definition) is 2. The van der Waals surface area contributed by atoms with Crippen LogP contribution in [0.3, 0.4) is 0 Å². The van der Waals surface area contributed by atoms with Crippen molar-refractivity contribution >= 4 is 0 Å². The van der Waals surface area contributed by atoms with Gasteiger partial charge in [-0.3, -0.25) is 4.98 Å². The van der Waals surface area contributed by atoms with Crippen molar-refractivity contribution in [2.24, 2.45) is 0 Å². The number of nitrogens with one attached hydrogen (secondary N) is 1. The highest BCUT2D eigenvalue weighted by Gasteiger charge is 1.89. The summed E-state index contributed by atoms with van der Waals surface area (Å²) >= 11 is 0. The first-order valence-electron chi connectivity index (χ1n) is 1.62. The average Bonchev–Trinajstić information content (AvgIpc) is 1.87. The van der Waals surface area contributed by atoms with Crippen LogP contribution in [0, 0.1) is 5.95 Å². The van der Waals surface area contributed by atoms with Crippen molar-refractivity contribution in [1.29, 1.82) is 0 Å². The minimum atomic E-state index is -0.766. The van der Waals surface area contributed by atoms with E-state index in [2.05, 4.69) is 4.42 Å². The summed E-state index contributed by atoms with van der Waals surface area (Å²) in [5.41, 5.74) is 0. The van der Waals surface area contributed by atoms with Crippen molar-refractivity contribution in [3.05, 3.63) is 22.8 Å². The summed E-state index contributed by atoms with van der Waals surface area (Å²) < 4.78 is 15.6. The van der Waals surface area contributed by atoms with E-state index >= 15 is 0 Å². The molecule has 7 heavy (non-hydrogen) atoms. The molecule has 0 amide bonds. The predicted octanol–water partition coefficient (Wildman–Crippen LogP) is 0.107. The van der Waals surface area contributed by atoms with Crippen LogP contribution < -0.4 is 5.76 Å². The van der Waals surface area contributed by atoms with Crippen LogP contribution in [0.25, 0.3) is 0 Å². The van der Waals surface area contributed by atoms with Crippen LogP contribution in [0.1, 0.15) is 0 Å².